The van der Waals surface area contributed by atoms with Crippen LogP contribution in [-0.4, -0.2) is 45.5 Å². The van der Waals surface area contributed by atoms with Crippen molar-refractivity contribution in [3.8, 4) is 22.5 Å². The second kappa shape index (κ2) is 11.1. The molecule has 0 bridgehead atoms. The molecule has 1 fully saturated rings. The molecule has 9 heteroatoms. The molecule has 1 N–H and O–H groups in total. The molecule has 0 atom stereocenters. The van der Waals surface area contributed by atoms with Crippen molar-refractivity contribution in [1.29, 1.82) is 0 Å². The molecule has 37 heavy (non-hydrogen) atoms. The monoisotopic (exact) mass is 498 g/mol. The molecule has 1 aliphatic heterocycles. The average Bonchev–Trinajstić information content (AvgIpc) is 2.95. The van der Waals surface area contributed by atoms with E-state index in [1.165, 1.54) is 22.9 Å². The topological polar surface area (TPSA) is 93.0 Å². The fraction of sp³-hybridized carbons (Fsp3) is 0.250. The second-order valence-electron chi connectivity index (χ2n) is 8.98. The average molecular weight is 499 g/mol. The van der Waals surface area contributed by atoms with Gasteiger partial charge in [-0.25, -0.2) is 9.07 Å². The minimum Gasteiger partial charge on any atom is -0.355 e. The van der Waals surface area contributed by atoms with Gasteiger partial charge in [0, 0.05) is 42.7 Å². The van der Waals surface area contributed by atoms with Crippen molar-refractivity contribution in [1.82, 2.24) is 25.3 Å². The molecule has 1 amide bonds. The Kier molecular flexibility index (Phi) is 7.30. The molecular weight excluding hydrogens is 471 g/mol. The Labute approximate surface area is 213 Å². The first-order chi connectivity index (χ1) is 18.1. The lowest BCUT2D eigenvalue weighted by atomic mass is 9.96. The van der Waals surface area contributed by atoms with Gasteiger partial charge in [-0.1, -0.05) is 30.3 Å². The number of anilines is 1. The van der Waals surface area contributed by atoms with Gasteiger partial charge in [0.15, 0.2) is 5.82 Å². The van der Waals surface area contributed by atoms with Crippen molar-refractivity contribution >= 4 is 11.7 Å². The second-order valence-corrected chi connectivity index (χ2v) is 8.98. The Morgan fingerprint density at radius 1 is 0.865 bits per heavy atom. The van der Waals surface area contributed by atoms with Crippen LogP contribution in [0.15, 0.2) is 83.7 Å². The number of hydrogen-bond acceptors (Lipinski definition) is 6. The number of nitrogens with one attached hydrogen (secondary N) is 1. The van der Waals surface area contributed by atoms with Crippen LogP contribution in [0, 0.1) is 11.7 Å². The van der Waals surface area contributed by atoms with Crippen LogP contribution in [0.3, 0.4) is 0 Å². The Hall–Kier alpha value is -4.40. The number of benzene rings is 2. The molecule has 0 spiro atoms. The smallest absolute Gasteiger partial charge is 0.266 e. The Bertz CT molecular complexity index is 1400. The third-order valence-electron chi connectivity index (χ3n) is 6.54. The zero-order valence-corrected chi connectivity index (χ0v) is 20.3. The molecule has 2 aromatic heterocycles. The SMILES string of the molecule is O=C(NCCn1nc(-c2ccccc2)ccc1=O)C1CCN(c2ccc(-c3ccc(F)cc3)nn2)CC1. The molecule has 5 rings (SSSR count). The molecule has 0 radical (unpaired) electrons. The predicted molar refractivity (Wildman–Crippen MR) is 139 cm³/mol. The first kappa shape index (κ1) is 24.3. The van der Waals surface area contributed by atoms with Crippen LogP contribution < -0.4 is 15.8 Å². The van der Waals surface area contributed by atoms with Gasteiger partial charge in [-0.2, -0.15) is 5.10 Å². The normalized spacial score (nSPS) is 13.9. The van der Waals surface area contributed by atoms with E-state index in [1.807, 2.05) is 42.5 Å². The fourth-order valence-corrected chi connectivity index (χ4v) is 4.44. The minimum absolute atomic E-state index is 0.00958. The maximum absolute atomic E-state index is 13.1. The molecular formula is C28H27FN6O2. The van der Waals surface area contributed by atoms with Gasteiger partial charge in [-0.05, 0) is 55.3 Å². The highest BCUT2D eigenvalue weighted by Gasteiger charge is 2.25. The van der Waals surface area contributed by atoms with Crippen LogP contribution >= 0.6 is 0 Å². The van der Waals surface area contributed by atoms with E-state index < -0.39 is 0 Å². The molecule has 3 heterocycles. The van der Waals surface area contributed by atoms with Crippen LogP contribution in [0.5, 0.6) is 0 Å². The van der Waals surface area contributed by atoms with Gasteiger partial charge in [-0.3, -0.25) is 9.59 Å². The van der Waals surface area contributed by atoms with Crippen LogP contribution in [0.2, 0.25) is 0 Å². The highest BCUT2D eigenvalue weighted by atomic mass is 19.1. The Balaban J connectivity index is 1.11. The van der Waals surface area contributed by atoms with Gasteiger partial charge in [0.2, 0.25) is 5.91 Å². The van der Waals surface area contributed by atoms with Crippen molar-refractivity contribution in [3.05, 3.63) is 95.0 Å². The van der Waals surface area contributed by atoms with Crippen molar-refractivity contribution in [2.24, 2.45) is 5.92 Å². The van der Waals surface area contributed by atoms with E-state index in [1.54, 1.807) is 18.2 Å². The molecule has 0 saturated carbocycles. The summed E-state index contributed by atoms with van der Waals surface area (Å²) in [5, 5.41) is 16.0. The zero-order chi connectivity index (χ0) is 25.6. The summed E-state index contributed by atoms with van der Waals surface area (Å²) in [5.74, 6) is 0.365. The van der Waals surface area contributed by atoms with Gasteiger partial charge in [0.25, 0.3) is 5.56 Å². The molecule has 2 aromatic carbocycles. The van der Waals surface area contributed by atoms with E-state index in [4.69, 9.17) is 0 Å². The summed E-state index contributed by atoms with van der Waals surface area (Å²) in [7, 11) is 0. The maximum atomic E-state index is 13.1. The third kappa shape index (κ3) is 5.88. The van der Waals surface area contributed by atoms with Gasteiger partial charge in [0.1, 0.15) is 5.82 Å². The fourth-order valence-electron chi connectivity index (χ4n) is 4.44. The summed E-state index contributed by atoms with van der Waals surface area (Å²) < 4.78 is 14.5. The summed E-state index contributed by atoms with van der Waals surface area (Å²) in [6, 6.07) is 22.8. The Morgan fingerprint density at radius 3 is 2.27 bits per heavy atom. The molecule has 8 nitrogen and oxygen atoms in total. The van der Waals surface area contributed by atoms with Crippen LogP contribution in [0.1, 0.15) is 12.8 Å². The number of carbonyl (C=O) groups is 1. The van der Waals surface area contributed by atoms with E-state index in [9.17, 15) is 14.0 Å². The van der Waals surface area contributed by atoms with Crippen LogP contribution in [0.25, 0.3) is 22.5 Å². The van der Waals surface area contributed by atoms with Crippen molar-refractivity contribution in [2.75, 3.05) is 24.5 Å². The number of rotatable bonds is 7. The molecule has 0 aliphatic carbocycles. The highest BCUT2D eigenvalue weighted by molar-refractivity contribution is 5.79. The summed E-state index contributed by atoms with van der Waals surface area (Å²) in [5.41, 5.74) is 2.93. The van der Waals surface area contributed by atoms with Gasteiger partial charge in [-0.15, -0.1) is 10.2 Å². The summed E-state index contributed by atoms with van der Waals surface area (Å²) >= 11 is 0. The number of halogens is 1. The van der Waals surface area contributed by atoms with E-state index in [0.717, 1.165) is 16.9 Å². The first-order valence-electron chi connectivity index (χ1n) is 12.3. The van der Waals surface area contributed by atoms with Gasteiger partial charge >= 0.3 is 0 Å². The lowest BCUT2D eigenvalue weighted by molar-refractivity contribution is -0.125. The quantitative estimate of drug-likeness (QED) is 0.419. The lowest BCUT2D eigenvalue weighted by Gasteiger charge is -2.31. The largest absolute Gasteiger partial charge is 0.355 e. The van der Waals surface area contributed by atoms with Gasteiger partial charge in [0.05, 0.1) is 17.9 Å². The molecule has 0 unspecified atom stereocenters. The maximum Gasteiger partial charge on any atom is 0.266 e. The van der Waals surface area contributed by atoms with E-state index >= 15 is 0 Å². The van der Waals surface area contributed by atoms with Crippen molar-refractivity contribution in [2.45, 2.75) is 19.4 Å². The standard InChI is InChI=1S/C28H27FN6O2/c29-23-8-6-21(7-9-23)24-10-12-26(32-31-24)34-17-14-22(15-18-34)28(37)30-16-19-35-27(36)13-11-25(33-35)20-4-2-1-3-5-20/h1-13,22H,14-19H2,(H,30,37). The van der Waals surface area contributed by atoms with Crippen LogP contribution in [0.4, 0.5) is 10.2 Å². The molecule has 1 saturated heterocycles. The number of carbonyl (C=O) groups excluding carboxylic acids is 1. The van der Waals surface area contributed by atoms with E-state index in [-0.39, 0.29) is 23.2 Å². The highest BCUT2D eigenvalue weighted by Crippen LogP contribution is 2.23. The summed E-state index contributed by atoms with van der Waals surface area (Å²) in [6.45, 7) is 2.03. The number of nitrogens with zero attached hydrogens (tertiary/aromatic N) is 5. The minimum atomic E-state index is -0.289. The predicted octanol–water partition coefficient (Wildman–Crippen LogP) is 3.54. The number of amides is 1. The summed E-state index contributed by atoms with van der Waals surface area (Å²) in [6.07, 6.45) is 1.41. The zero-order valence-electron chi connectivity index (χ0n) is 20.3. The number of hydrogen-bond donors (Lipinski definition) is 1. The summed E-state index contributed by atoms with van der Waals surface area (Å²) in [4.78, 5) is 27.1. The molecule has 188 valence electrons. The number of aromatic nitrogens is 4. The first-order valence-corrected chi connectivity index (χ1v) is 12.3. The van der Waals surface area contributed by atoms with Crippen molar-refractivity contribution in [3.63, 3.8) is 0 Å². The van der Waals surface area contributed by atoms with Gasteiger partial charge < -0.3 is 10.2 Å². The van der Waals surface area contributed by atoms with E-state index in [0.29, 0.717) is 50.4 Å². The number of piperidine rings is 1. The van der Waals surface area contributed by atoms with Crippen LogP contribution in [-0.2, 0) is 11.3 Å². The molecule has 1 aliphatic rings. The molecule has 4 aromatic rings. The van der Waals surface area contributed by atoms with E-state index in [2.05, 4.69) is 25.5 Å². The third-order valence-corrected chi connectivity index (χ3v) is 6.54. The Morgan fingerprint density at radius 2 is 1.57 bits per heavy atom. The van der Waals surface area contributed by atoms with Crippen molar-refractivity contribution < 1.29 is 9.18 Å². The lowest BCUT2D eigenvalue weighted by Crippen LogP contribution is -2.42.